The van der Waals surface area contributed by atoms with Crippen LogP contribution in [0.15, 0.2) is 4.52 Å². The monoisotopic (exact) mass is 279 g/mol. The summed E-state index contributed by atoms with van der Waals surface area (Å²) in [5.41, 5.74) is 0.109. The largest absolute Gasteiger partial charge is 0.381 e. The van der Waals surface area contributed by atoms with Gasteiger partial charge >= 0.3 is 0 Å². The van der Waals surface area contributed by atoms with Crippen LogP contribution in [0.25, 0.3) is 0 Å². The summed E-state index contributed by atoms with van der Waals surface area (Å²) in [6.45, 7) is 6.05. The molecule has 5 heteroatoms. The lowest BCUT2D eigenvalue weighted by Gasteiger charge is -2.34. The van der Waals surface area contributed by atoms with E-state index in [2.05, 4.69) is 17.4 Å². The first kappa shape index (κ1) is 14.0. The number of hydrogen-bond donors (Lipinski definition) is 1. The summed E-state index contributed by atoms with van der Waals surface area (Å²) < 4.78 is 11.1. The summed E-state index contributed by atoms with van der Waals surface area (Å²) in [6, 6.07) is 0. The number of nitrogens with one attached hydrogen (secondary N) is 1. The van der Waals surface area contributed by atoms with Crippen LogP contribution >= 0.6 is 0 Å². The summed E-state index contributed by atoms with van der Waals surface area (Å²) in [6.07, 6.45) is 6.53. The molecule has 2 aliphatic heterocycles. The molecule has 1 atom stereocenters. The summed E-state index contributed by atoms with van der Waals surface area (Å²) in [4.78, 5) is 4.73. The predicted octanol–water partition coefficient (Wildman–Crippen LogP) is 2.07. The Bertz CT molecular complexity index is 415. The van der Waals surface area contributed by atoms with Crippen LogP contribution in [-0.4, -0.2) is 36.4 Å². The van der Waals surface area contributed by atoms with Crippen LogP contribution in [0.2, 0.25) is 0 Å². The third-order valence-corrected chi connectivity index (χ3v) is 4.71. The molecule has 0 saturated carbocycles. The normalized spacial score (nSPS) is 25.9. The third kappa shape index (κ3) is 2.88. The molecule has 0 amide bonds. The Kier molecular flexibility index (Phi) is 4.36. The number of piperidine rings is 1. The van der Waals surface area contributed by atoms with Gasteiger partial charge in [-0.15, -0.1) is 0 Å². The van der Waals surface area contributed by atoms with Gasteiger partial charge in [-0.2, -0.15) is 4.98 Å². The maximum atomic E-state index is 5.64. The standard InChI is InChI=1S/C15H25N3O2/c1-2-4-15(5-7-16-8-6-15)14-17-13(18-20-14)10-12-3-9-19-11-12/h12,16H,2-11H2,1H3. The lowest BCUT2D eigenvalue weighted by atomic mass is 9.75. The Hall–Kier alpha value is -0.940. The molecule has 2 aliphatic rings. The van der Waals surface area contributed by atoms with Gasteiger partial charge in [0.05, 0.1) is 5.41 Å². The predicted molar refractivity (Wildman–Crippen MR) is 75.6 cm³/mol. The molecule has 2 fully saturated rings. The minimum atomic E-state index is 0.109. The molecule has 1 N–H and O–H groups in total. The molecule has 3 heterocycles. The van der Waals surface area contributed by atoms with Crippen LogP contribution in [0.4, 0.5) is 0 Å². The molecule has 1 unspecified atom stereocenters. The molecule has 112 valence electrons. The van der Waals surface area contributed by atoms with Crippen molar-refractivity contribution in [2.24, 2.45) is 5.92 Å². The molecule has 2 saturated heterocycles. The van der Waals surface area contributed by atoms with E-state index in [9.17, 15) is 0 Å². The zero-order valence-electron chi connectivity index (χ0n) is 12.4. The highest BCUT2D eigenvalue weighted by Crippen LogP contribution is 2.37. The molecule has 0 aliphatic carbocycles. The van der Waals surface area contributed by atoms with Crippen LogP contribution < -0.4 is 5.32 Å². The van der Waals surface area contributed by atoms with E-state index in [4.69, 9.17) is 14.2 Å². The van der Waals surface area contributed by atoms with Gasteiger partial charge in [-0.05, 0) is 44.7 Å². The maximum Gasteiger partial charge on any atom is 0.232 e. The molecule has 0 radical (unpaired) electrons. The summed E-state index contributed by atoms with van der Waals surface area (Å²) >= 11 is 0. The molecule has 1 aromatic rings. The Morgan fingerprint density at radius 2 is 2.20 bits per heavy atom. The van der Waals surface area contributed by atoms with Gasteiger partial charge in [0, 0.05) is 19.6 Å². The average molecular weight is 279 g/mol. The van der Waals surface area contributed by atoms with E-state index in [1.54, 1.807) is 0 Å². The first-order chi connectivity index (χ1) is 9.82. The summed E-state index contributed by atoms with van der Waals surface area (Å²) in [5, 5.41) is 7.65. The smallest absolute Gasteiger partial charge is 0.232 e. The van der Waals surface area contributed by atoms with Crippen molar-refractivity contribution in [1.82, 2.24) is 15.5 Å². The zero-order valence-corrected chi connectivity index (χ0v) is 12.4. The minimum absolute atomic E-state index is 0.109. The Labute approximate surface area is 120 Å². The molecular formula is C15H25N3O2. The number of hydrogen-bond acceptors (Lipinski definition) is 5. The molecule has 3 rings (SSSR count). The van der Waals surface area contributed by atoms with Crippen molar-refractivity contribution in [1.29, 1.82) is 0 Å². The second-order valence-corrected chi connectivity index (χ2v) is 6.23. The Morgan fingerprint density at radius 1 is 1.35 bits per heavy atom. The number of ether oxygens (including phenoxy) is 1. The van der Waals surface area contributed by atoms with Crippen molar-refractivity contribution in [3.63, 3.8) is 0 Å². The van der Waals surface area contributed by atoms with Gasteiger partial charge in [0.2, 0.25) is 5.89 Å². The van der Waals surface area contributed by atoms with Gasteiger partial charge in [-0.25, -0.2) is 0 Å². The van der Waals surface area contributed by atoms with Gasteiger partial charge in [0.1, 0.15) is 0 Å². The van der Waals surface area contributed by atoms with Crippen LogP contribution in [0, 0.1) is 5.92 Å². The van der Waals surface area contributed by atoms with Crippen molar-refractivity contribution < 1.29 is 9.26 Å². The maximum absolute atomic E-state index is 5.64. The quantitative estimate of drug-likeness (QED) is 0.894. The van der Waals surface area contributed by atoms with E-state index in [1.165, 1.54) is 0 Å². The zero-order chi connectivity index (χ0) is 13.8. The van der Waals surface area contributed by atoms with Gasteiger partial charge in [-0.1, -0.05) is 18.5 Å². The van der Waals surface area contributed by atoms with Crippen molar-refractivity contribution in [2.75, 3.05) is 26.3 Å². The van der Waals surface area contributed by atoms with Gasteiger partial charge in [0.15, 0.2) is 5.82 Å². The molecular weight excluding hydrogens is 254 g/mol. The molecule has 0 aromatic carbocycles. The summed E-state index contributed by atoms with van der Waals surface area (Å²) in [7, 11) is 0. The highest BCUT2D eigenvalue weighted by atomic mass is 16.5. The molecule has 5 nitrogen and oxygen atoms in total. The molecule has 1 aromatic heterocycles. The fourth-order valence-corrected chi connectivity index (χ4v) is 3.51. The fraction of sp³-hybridized carbons (Fsp3) is 0.867. The lowest BCUT2D eigenvalue weighted by Crippen LogP contribution is -2.40. The number of aromatic nitrogens is 2. The van der Waals surface area contributed by atoms with E-state index >= 15 is 0 Å². The van der Waals surface area contributed by atoms with Crippen molar-refractivity contribution in [3.05, 3.63) is 11.7 Å². The van der Waals surface area contributed by atoms with Gasteiger partial charge in [-0.3, -0.25) is 0 Å². The van der Waals surface area contributed by atoms with E-state index in [0.717, 1.165) is 76.5 Å². The highest BCUT2D eigenvalue weighted by molar-refractivity contribution is 5.08. The van der Waals surface area contributed by atoms with Crippen LogP contribution in [0.5, 0.6) is 0 Å². The van der Waals surface area contributed by atoms with Crippen molar-refractivity contribution in [3.8, 4) is 0 Å². The second-order valence-electron chi connectivity index (χ2n) is 6.23. The number of rotatable bonds is 5. The SMILES string of the molecule is CCCC1(c2nc(CC3CCOC3)no2)CCNCC1. The first-order valence-electron chi connectivity index (χ1n) is 7.94. The van der Waals surface area contributed by atoms with Gasteiger partial charge in [0.25, 0.3) is 0 Å². The molecule has 0 bridgehead atoms. The minimum Gasteiger partial charge on any atom is -0.381 e. The van der Waals surface area contributed by atoms with E-state index in [0.29, 0.717) is 5.92 Å². The Balaban J connectivity index is 1.72. The average Bonchev–Trinajstić information content (AvgIpc) is 3.13. The Morgan fingerprint density at radius 3 is 2.90 bits per heavy atom. The summed E-state index contributed by atoms with van der Waals surface area (Å²) in [5.74, 6) is 2.30. The number of nitrogens with zero attached hydrogens (tertiary/aromatic N) is 2. The molecule has 0 spiro atoms. The van der Waals surface area contributed by atoms with E-state index in [-0.39, 0.29) is 5.41 Å². The lowest BCUT2D eigenvalue weighted by molar-refractivity contribution is 0.185. The van der Waals surface area contributed by atoms with E-state index < -0.39 is 0 Å². The van der Waals surface area contributed by atoms with Crippen LogP contribution in [-0.2, 0) is 16.6 Å². The van der Waals surface area contributed by atoms with Crippen LogP contribution in [0.3, 0.4) is 0 Å². The first-order valence-corrected chi connectivity index (χ1v) is 7.94. The highest BCUT2D eigenvalue weighted by Gasteiger charge is 2.38. The topological polar surface area (TPSA) is 60.2 Å². The molecule has 20 heavy (non-hydrogen) atoms. The second kappa shape index (κ2) is 6.22. The van der Waals surface area contributed by atoms with Crippen molar-refractivity contribution in [2.45, 2.75) is 50.9 Å². The van der Waals surface area contributed by atoms with Gasteiger partial charge < -0.3 is 14.6 Å². The van der Waals surface area contributed by atoms with Crippen molar-refractivity contribution >= 4 is 0 Å². The van der Waals surface area contributed by atoms with E-state index in [1.807, 2.05) is 0 Å². The van der Waals surface area contributed by atoms with Crippen LogP contribution in [0.1, 0.15) is 50.7 Å². The fourth-order valence-electron chi connectivity index (χ4n) is 3.51. The third-order valence-electron chi connectivity index (χ3n) is 4.71.